The predicted molar refractivity (Wildman–Crippen MR) is 65.5 cm³/mol. The zero-order valence-electron chi connectivity index (χ0n) is 10.8. The Kier molecular flexibility index (Phi) is 2.68. The van der Waals surface area contributed by atoms with Crippen molar-refractivity contribution in [1.82, 2.24) is 4.90 Å². The molecule has 2 fully saturated rings. The highest BCUT2D eigenvalue weighted by molar-refractivity contribution is 5.91. The first-order valence-electron chi connectivity index (χ1n) is 6.83. The molecule has 18 heavy (non-hydrogen) atoms. The van der Waals surface area contributed by atoms with E-state index in [4.69, 9.17) is 4.74 Å². The number of ether oxygens (including phenoxy) is 1. The summed E-state index contributed by atoms with van der Waals surface area (Å²) in [4.78, 5) is 25.7. The summed E-state index contributed by atoms with van der Waals surface area (Å²) in [6.45, 7) is 2.33. The Morgan fingerprint density at radius 1 is 1.28 bits per heavy atom. The highest BCUT2D eigenvalue weighted by atomic mass is 16.5. The van der Waals surface area contributed by atoms with Crippen LogP contribution in [0.15, 0.2) is 11.8 Å². The van der Waals surface area contributed by atoms with E-state index in [-0.39, 0.29) is 29.9 Å². The number of likely N-dealkylation sites (tertiary alicyclic amines) is 1. The molecule has 98 valence electrons. The molecule has 2 aliphatic heterocycles. The first kappa shape index (κ1) is 11.8. The summed E-state index contributed by atoms with van der Waals surface area (Å²) in [7, 11) is 0. The summed E-state index contributed by atoms with van der Waals surface area (Å²) in [6.07, 6.45) is 7.96. The van der Waals surface area contributed by atoms with Gasteiger partial charge in [0.2, 0.25) is 5.91 Å². The van der Waals surface area contributed by atoms with Gasteiger partial charge in [0.15, 0.2) is 0 Å². The van der Waals surface area contributed by atoms with E-state index in [1.165, 1.54) is 12.5 Å². The van der Waals surface area contributed by atoms with Crippen molar-refractivity contribution in [3.8, 4) is 0 Å². The lowest BCUT2D eigenvalue weighted by Crippen LogP contribution is -2.37. The molecule has 1 atom stereocenters. The molecular formula is C14H19NO3. The number of hydrogen-bond donors (Lipinski definition) is 0. The Morgan fingerprint density at radius 3 is 2.61 bits per heavy atom. The van der Waals surface area contributed by atoms with Crippen LogP contribution in [0, 0.1) is 5.41 Å². The average Bonchev–Trinajstić information content (AvgIpc) is 2.85. The lowest BCUT2D eigenvalue weighted by molar-refractivity contribution is -0.138. The Bertz CT molecular complexity index is 421. The standard InChI is InChI=1S/C14H19NO3/c1-10-8-14(5-3-2-4-6-14)13(17)15(10)11-7-12(16)18-9-11/h7,10H,2-6,8-9H2,1H3/t10-/m1/s1. The summed E-state index contributed by atoms with van der Waals surface area (Å²) in [6, 6.07) is 0.191. The molecule has 0 bridgehead atoms. The quantitative estimate of drug-likeness (QED) is 0.668. The Labute approximate surface area is 107 Å². The molecule has 1 amide bonds. The average molecular weight is 249 g/mol. The number of carbonyl (C=O) groups excluding carboxylic acids is 2. The molecule has 3 aliphatic rings. The molecule has 4 nitrogen and oxygen atoms in total. The molecule has 0 unspecified atom stereocenters. The predicted octanol–water partition coefficient (Wildman–Crippen LogP) is 2.00. The first-order chi connectivity index (χ1) is 8.62. The Morgan fingerprint density at radius 2 is 2.00 bits per heavy atom. The number of carbonyl (C=O) groups is 2. The van der Waals surface area contributed by atoms with E-state index < -0.39 is 0 Å². The van der Waals surface area contributed by atoms with Crippen molar-refractivity contribution in [1.29, 1.82) is 0 Å². The fourth-order valence-corrected chi connectivity index (χ4v) is 3.76. The summed E-state index contributed by atoms with van der Waals surface area (Å²) in [5.41, 5.74) is 0.601. The molecule has 1 aliphatic carbocycles. The minimum atomic E-state index is -0.324. The van der Waals surface area contributed by atoms with Crippen LogP contribution in [-0.2, 0) is 14.3 Å². The highest BCUT2D eigenvalue weighted by Crippen LogP contribution is 2.48. The van der Waals surface area contributed by atoms with Crippen molar-refractivity contribution in [2.24, 2.45) is 5.41 Å². The lowest BCUT2D eigenvalue weighted by atomic mass is 9.72. The van der Waals surface area contributed by atoms with Crippen LogP contribution in [0.25, 0.3) is 0 Å². The minimum absolute atomic E-state index is 0.149. The SMILES string of the molecule is C[C@@H]1CC2(CCCCC2)C(=O)N1C1=CC(=O)OC1. The fraction of sp³-hybridized carbons (Fsp3) is 0.714. The molecule has 0 N–H and O–H groups in total. The van der Waals surface area contributed by atoms with Crippen LogP contribution in [0.3, 0.4) is 0 Å². The van der Waals surface area contributed by atoms with Crippen molar-refractivity contribution < 1.29 is 14.3 Å². The third kappa shape index (κ3) is 1.66. The van der Waals surface area contributed by atoms with Crippen molar-refractivity contribution in [2.45, 2.75) is 51.5 Å². The van der Waals surface area contributed by atoms with Crippen LogP contribution >= 0.6 is 0 Å². The van der Waals surface area contributed by atoms with Gasteiger partial charge in [0.25, 0.3) is 0 Å². The van der Waals surface area contributed by atoms with Gasteiger partial charge in [-0.05, 0) is 26.2 Å². The fourth-order valence-electron chi connectivity index (χ4n) is 3.76. The van der Waals surface area contributed by atoms with Gasteiger partial charge in [0.05, 0.1) is 11.1 Å². The largest absolute Gasteiger partial charge is 0.456 e. The van der Waals surface area contributed by atoms with Crippen LogP contribution < -0.4 is 0 Å². The highest BCUT2D eigenvalue weighted by Gasteiger charge is 2.51. The smallest absolute Gasteiger partial charge is 0.333 e. The maximum absolute atomic E-state index is 12.7. The van der Waals surface area contributed by atoms with Crippen LogP contribution in [0.2, 0.25) is 0 Å². The van der Waals surface area contributed by atoms with Gasteiger partial charge >= 0.3 is 5.97 Å². The van der Waals surface area contributed by atoms with Crippen molar-refractivity contribution in [3.63, 3.8) is 0 Å². The number of esters is 1. The molecule has 0 aromatic rings. The molecule has 1 saturated carbocycles. The maximum atomic E-state index is 12.7. The van der Waals surface area contributed by atoms with E-state index in [0.29, 0.717) is 0 Å². The second kappa shape index (κ2) is 4.11. The number of nitrogens with zero attached hydrogens (tertiary/aromatic N) is 1. The molecule has 4 heteroatoms. The second-order valence-corrected chi connectivity index (χ2v) is 5.81. The third-order valence-corrected chi connectivity index (χ3v) is 4.57. The molecule has 0 radical (unpaired) electrons. The van der Waals surface area contributed by atoms with E-state index >= 15 is 0 Å². The van der Waals surface area contributed by atoms with E-state index in [0.717, 1.165) is 37.8 Å². The van der Waals surface area contributed by atoms with Crippen LogP contribution in [0.5, 0.6) is 0 Å². The van der Waals surface area contributed by atoms with E-state index in [1.54, 1.807) is 0 Å². The molecule has 0 aromatic carbocycles. The van der Waals surface area contributed by atoms with Crippen molar-refractivity contribution >= 4 is 11.9 Å². The Balaban J connectivity index is 1.86. The summed E-state index contributed by atoms with van der Waals surface area (Å²) < 4.78 is 4.92. The topological polar surface area (TPSA) is 46.6 Å². The monoisotopic (exact) mass is 249 g/mol. The number of rotatable bonds is 1. The molecule has 2 heterocycles. The Hall–Kier alpha value is -1.32. The lowest BCUT2D eigenvalue weighted by Gasteiger charge is -2.31. The zero-order valence-corrected chi connectivity index (χ0v) is 10.8. The van der Waals surface area contributed by atoms with Gasteiger partial charge in [-0.25, -0.2) is 4.79 Å². The van der Waals surface area contributed by atoms with Crippen molar-refractivity contribution in [2.75, 3.05) is 6.61 Å². The van der Waals surface area contributed by atoms with Crippen molar-refractivity contribution in [3.05, 3.63) is 11.8 Å². The normalized spacial score (nSPS) is 30.8. The first-order valence-corrected chi connectivity index (χ1v) is 6.83. The van der Waals surface area contributed by atoms with Crippen LogP contribution in [-0.4, -0.2) is 29.4 Å². The van der Waals surface area contributed by atoms with Gasteiger partial charge in [0.1, 0.15) is 6.61 Å². The van der Waals surface area contributed by atoms with E-state index in [2.05, 4.69) is 6.92 Å². The van der Waals surface area contributed by atoms with Crippen LogP contribution in [0.4, 0.5) is 0 Å². The van der Waals surface area contributed by atoms with Gasteiger partial charge in [-0.2, -0.15) is 0 Å². The molecule has 3 rings (SSSR count). The minimum Gasteiger partial charge on any atom is -0.456 e. The number of amides is 1. The molecule has 1 spiro atoms. The van der Waals surface area contributed by atoms with E-state index in [9.17, 15) is 9.59 Å². The summed E-state index contributed by atoms with van der Waals surface area (Å²) in [5.74, 6) is -0.103. The molecule has 0 aromatic heterocycles. The molecular weight excluding hydrogens is 230 g/mol. The van der Waals surface area contributed by atoms with Gasteiger partial charge in [-0.3, -0.25) is 4.79 Å². The van der Waals surface area contributed by atoms with E-state index in [1.807, 2.05) is 4.90 Å². The summed E-state index contributed by atoms with van der Waals surface area (Å²) in [5, 5.41) is 0. The maximum Gasteiger partial charge on any atom is 0.333 e. The number of hydrogen-bond acceptors (Lipinski definition) is 3. The molecule has 1 saturated heterocycles. The van der Waals surface area contributed by atoms with Gasteiger partial charge in [-0.1, -0.05) is 19.3 Å². The third-order valence-electron chi connectivity index (χ3n) is 4.57. The van der Waals surface area contributed by atoms with Crippen LogP contribution in [0.1, 0.15) is 45.4 Å². The van der Waals surface area contributed by atoms with Gasteiger partial charge in [-0.15, -0.1) is 0 Å². The van der Waals surface area contributed by atoms with Gasteiger partial charge < -0.3 is 9.64 Å². The second-order valence-electron chi connectivity index (χ2n) is 5.81. The number of cyclic esters (lactones) is 1. The summed E-state index contributed by atoms with van der Waals surface area (Å²) >= 11 is 0. The zero-order chi connectivity index (χ0) is 12.8. The van der Waals surface area contributed by atoms with Gasteiger partial charge in [0, 0.05) is 12.1 Å².